The van der Waals surface area contributed by atoms with Crippen molar-refractivity contribution in [3.8, 4) is 5.75 Å². The summed E-state index contributed by atoms with van der Waals surface area (Å²) in [6.07, 6.45) is 0.00781. The molecule has 1 aromatic heterocycles. The van der Waals surface area contributed by atoms with Gasteiger partial charge in [-0.15, -0.1) is 11.3 Å². The molecule has 1 aromatic carbocycles. The number of rotatable bonds is 6. The van der Waals surface area contributed by atoms with E-state index in [-0.39, 0.29) is 37.7 Å². The highest BCUT2D eigenvalue weighted by atomic mass is 32.1. The summed E-state index contributed by atoms with van der Waals surface area (Å²) in [5.74, 6) is -1.00. The number of nitrogens with zero attached hydrogens (tertiary/aromatic N) is 1. The molecule has 2 N–H and O–H groups in total. The zero-order chi connectivity index (χ0) is 19.2. The minimum absolute atomic E-state index is 0.0453. The van der Waals surface area contributed by atoms with Gasteiger partial charge in [-0.2, -0.15) is 0 Å². The standard InChI is InChI=1S/C18H17N3O5S/c22-13(15-6-3-9-27-15)7-8-16(23)19-20-17(24)10-21-12-4-1-2-5-14(12)26-11-18(21)25/h1-6,9H,7-8,10-11H2,(H,19,23)(H,20,24). The second kappa shape index (κ2) is 8.45. The van der Waals surface area contributed by atoms with Crippen molar-refractivity contribution >= 4 is 40.5 Å². The topological polar surface area (TPSA) is 105 Å². The molecule has 2 aromatic rings. The van der Waals surface area contributed by atoms with Gasteiger partial charge in [-0.3, -0.25) is 34.9 Å². The number of nitrogens with one attached hydrogen (secondary N) is 2. The van der Waals surface area contributed by atoms with E-state index in [0.717, 1.165) is 0 Å². The first-order valence-electron chi connectivity index (χ1n) is 8.21. The SMILES string of the molecule is O=C(CCC(=O)c1cccs1)NNC(=O)CN1C(=O)COc2ccccc21. The van der Waals surface area contributed by atoms with Crippen molar-refractivity contribution in [3.05, 3.63) is 46.7 Å². The molecule has 0 fully saturated rings. The van der Waals surface area contributed by atoms with Gasteiger partial charge in [0.15, 0.2) is 12.4 Å². The number of ether oxygens (including phenoxy) is 1. The number of carbonyl (C=O) groups is 4. The molecule has 1 aliphatic rings. The Morgan fingerprint density at radius 3 is 2.59 bits per heavy atom. The van der Waals surface area contributed by atoms with Crippen LogP contribution in [-0.4, -0.2) is 36.7 Å². The van der Waals surface area contributed by atoms with Gasteiger partial charge >= 0.3 is 0 Å². The highest BCUT2D eigenvalue weighted by Gasteiger charge is 2.27. The zero-order valence-corrected chi connectivity index (χ0v) is 15.1. The quantitative estimate of drug-likeness (QED) is 0.574. The van der Waals surface area contributed by atoms with Crippen LogP contribution in [0.4, 0.5) is 5.69 Å². The van der Waals surface area contributed by atoms with Crippen LogP contribution in [0.15, 0.2) is 41.8 Å². The highest BCUT2D eigenvalue weighted by Crippen LogP contribution is 2.31. The number of anilines is 1. The van der Waals surface area contributed by atoms with Crippen LogP contribution in [-0.2, 0) is 14.4 Å². The molecule has 8 nitrogen and oxygen atoms in total. The number of fused-ring (bicyclic) bond motifs is 1. The van der Waals surface area contributed by atoms with Gasteiger partial charge in [-0.05, 0) is 23.6 Å². The summed E-state index contributed by atoms with van der Waals surface area (Å²) in [6.45, 7) is -0.408. The highest BCUT2D eigenvalue weighted by molar-refractivity contribution is 7.12. The van der Waals surface area contributed by atoms with Crippen LogP contribution in [0.5, 0.6) is 5.75 Å². The summed E-state index contributed by atoms with van der Waals surface area (Å²) in [7, 11) is 0. The molecule has 0 unspecified atom stereocenters. The van der Waals surface area contributed by atoms with Crippen LogP contribution in [0.2, 0.25) is 0 Å². The number of hydrogen-bond donors (Lipinski definition) is 2. The Balaban J connectivity index is 1.46. The lowest BCUT2D eigenvalue weighted by Crippen LogP contribution is -2.49. The minimum atomic E-state index is -0.557. The number of carbonyl (C=O) groups excluding carboxylic acids is 4. The lowest BCUT2D eigenvalue weighted by Gasteiger charge is -2.28. The van der Waals surface area contributed by atoms with E-state index >= 15 is 0 Å². The molecule has 3 rings (SSSR count). The molecule has 0 saturated heterocycles. The van der Waals surface area contributed by atoms with Crippen LogP contribution < -0.4 is 20.5 Å². The predicted molar refractivity (Wildman–Crippen MR) is 98.5 cm³/mol. The number of hydrogen-bond acceptors (Lipinski definition) is 6. The van der Waals surface area contributed by atoms with Gasteiger partial charge in [0.2, 0.25) is 5.91 Å². The van der Waals surface area contributed by atoms with E-state index in [1.54, 1.807) is 41.8 Å². The van der Waals surface area contributed by atoms with E-state index in [2.05, 4.69) is 10.9 Å². The molecule has 140 valence electrons. The lowest BCUT2D eigenvalue weighted by molar-refractivity contribution is -0.129. The van der Waals surface area contributed by atoms with Gasteiger partial charge in [0, 0.05) is 12.8 Å². The van der Waals surface area contributed by atoms with Crippen molar-refractivity contribution < 1.29 is 23.9 Å². The molecule has 2 heterocycles. The fraction of sp³-hybridized carbons (Fsp3) is 0.222. The maximum atomic E-state index is 12.1. The van der Waals surface area contributed by atoms with E-state index in [4.69, 9.17) is 4.74 Å². The average molecular weight is 387 g/mol. The van der Waals surface area contributed by atoms with E-state index in [9.17, 15) is 19.2 Å². The third-order valence-corrected chi connectivity index (χ3v) is 4.74. The summed E-state index contributed by atoms with van der Waals surface area (Å²) in [4.78, 5) is 49.6. The van der Waals surface area contributed by atoms with Gasteiger partial charge in [0.25, 0.3) is 11.8 Å². The van der Waals surface area contributed by atoms with Crippen molar-refractivity contribution in [1.82, 2.24) is 10.9 Å². The molecule has 0 bridgehead atoms. The van der Waals surface area contributed by atoms with Gasteiger partial charge in [0.1, 0.15) is 12.3 Å². The predicted octanol–water partition coefficient (Wildman–Crippen LogP) is 1.28. The Bertz CT molecular complexity index is 866. The third kappa shape index (κ3) is 4.70. The molecular formula is C18H17N3O5S. The summed E-state index contributed by atoms with van der Waals surface area (Å²) in [5.41, 5.74) is 5.01. The molecule has 27 heavy (non-hydrogen) atoms. The third-order valence-electron chi connectivity index (χ3n) is 3.83. The van der Waals surface area contributed by atoms with Crippen LogP contribution >= 0.6 is 11.3 Å². The molecule has 9 heteroatoms. The zero-order valence-electron chi connectivity index (χ0n) is 14.3. The van der Waals surface area contributed by atoms with Crippen molar-refractivity contribution in [2.24, 2.45) is 0 Å². The Morgan fingerprint density at radius 1 is 1.04 bits per heavy atom. The van der Waals surface area contributed by atoms with E-state index in [1.165, 1.54) is 16.2 Å². The van der Waals surface area contributed by atoms with E-state index in [1.807, 2.05) is 0 Å². The lowest BCUT2D eigenvalue weighted by atomic mass is 10.2. The summed E-state index contributed by atoms with van der Waals surface area (Å²) in [5, 5.41) is 1.79. The second-order valence-electron chi connectivity index (χ2n) is 5.73. The summed E-state index contributed by atoms with van der Waals surface area (Å²) < 4.78 is 5.31. The smallest absolute Gasteiger partial charge is 0.265 e. The molecule has 3 amide bonds. The molecule has 0 radical (unpaired) electrons. The molecule has 0 aliphatic carbocycles. The molecule has 0 spiro atoms. The summed E-state index contributed by atoms with van der Waals surface area (Å²) in [6, 6.07) is 10.4. The Morgan fingerprint density at radius 2 is 1.81 bits per heavy atom. The number of hydrazine groups is 1. The van der Waals surface area contributed by atoms with Gasteiger partial charge in [-0.1, -0.05) is 18.2 Å². The number of Topliss-reactive ketones (excluding diaryl/α,β-unsaturated/α-hetero) is 1. The van der Waals surface area contributed by atoms with Crippen molar-refractivity contribution in [1.29, 1.82) is 0 Å². The van der Waals surface area contributed by atoms with Crippen molar-refractivity contribution in [2.45, 2.75) is 12.8 Å². The van der Waals surface area contributed by atoms with Crippen molar-refractivity contribution in [3.63, 3.8) is 0 Å². The molecular weight excluding hydrogens is 370 g/mol. The van der Waals surface area contributed by atoms with Gasteiger partial charge in [0.05, 0.1) is 10.6 Å². The Hall–Kier alpha value is -3.20. The van der Waals surface area contributed by atoms with Gasteiger partial charge < -0.3 is 4.74 Å². The number of amides is 3. The van der Waals surface area contributed by atoms with E-state index < -0.39 is 11.8 Å². The average Bonchev–Trinajstić information content (AvgIpc) is 3.21. The monoisotopic (exact) mass is 387 g/mol. The number of thiophene rings is 1. The van der Waals surface area contributed by atoms with Crippen LogP contribution in [0.1, 0.15) is 22.5 Å². The fourth-order valence-corrected chi connectivity index (χ4v) is 3.19. The first-order chi connectivity index (χ1) is 13.0. The van der Waals surface area contributed by atoms with Crippen LogP contribution in [0.25, 0.3) is 0 Å². The maximum Gasteiger partial charge on any atom is 0.265 e. The Kier molecular flexibility index (Phi) is 5.82. The number of ketones is 1. The second-order valence-corrected chi connectivity index (χ2v) is 6.68. The number of benzene rings is 1. The van der Waals surface area contributed by atoms with Crippen LogP contribution in [0.3, 0.4) is 0 Å². The van der Waals surface area contributed by atoms with E-state index in [0.29, 0.717) is 16.3 Å². The normalized spacial score (nSPS) is 12.7. The molecule has 0 atom stereocenters. The first kappa shape index (κ1) is 18.6. The maximum absolute atomic E-state index is 12.1. The first-order valence-corrected chi connectivity index (χ1v) is 9.09. The minimum Gasteiger partial charge on any atom is -0.482 e. The summed E-state index contributed by atoms with van der Waals surface area (Å²) >= 11 is 1.32. The molecule has 0 saturated carbocycles. The Labute approximate surface area is 159 Å². The molecule has 1 aliphatic heterocycles. The van der Waals surface area contributed by atoms with Crippen LogP contribution in [0, 0.1) is 0 Å². The fourth-order valence-electron chi connectivity index (χ4n) is 2.50. The number of para-hydroxylation sites is 2. The van der Waals surface area contributed by atoms with Crippen molar-refractivity contribution in [2.75, 3.05) is 18.1 Å². The van der Waals surface area contributed by atoms with Gasteiger partial charge in [-0.25, -0.2) is 0 Å². The largest absolute Gasteiger partial charge is 0.482 e.